The van der Waals surface area contributed by atoms with E-state index in [-0.39, 0.29) is 16.6 Å². The van der Waals surface area contributed by atoms with Crippen LogP contribution in [0.25, 0.3) is 16.6 Å². The fourth-order valence-electron chi connectivity index (χ4n) is 5.45. The molecule has 39 heavy (non-hydrogen) atoms. The molecule has 2 aromatic carbocycles. The van der Waals surface area contributed by atoms with Gasteiger partial charge in [-0.05, 0) is 50.1 Å². The molecule has 2 aliphatic rings. The third kappa shape index (κ3) is 4.83. The van der Waals surface area contributed by atoms with Crippen LogP contribution in [0.15, 0.2) is 51.1 Å². The molecule has 11 nitrogen and oxygen atoms in total. The maximum atomic E-state index is 13.4. The number of amides is 1. The van der Waals surface area contributed by atoms with Crippen molar-refractivity contribution in [3.63, 3.8) is 0 Å². The molecule has 6 rings (SSSR count). The highest BCUT2D eigenvalue weighted by atomic mass is 32.2. The Balaban J connectivity index is 1.24. The van der Waals surface area contributed by atoms with Crippen LogP contribution in [0.1, 0.15) is 17.5 Å². The van der Waals surface area contributed by atoms with Gasteiger partial charge in [0.2, 0.25) is 5.91 Å². The minimum atomic E-state index is -1.61. The maximum Gasteiger partial charge on any atom is 0.281 e. The number of nitrogens with one attached hydrogen (secondary N) is 1. The lowest BCUT2D eigenvalue weighted by atomic mass is 10.2. The smallest absolute Gasteiger partial charge is 0.281 e. The van der Waals surface area contributed by atoms with Crippen LogP contribution in [-0.2, 0) is 15.6 Å². The highest BCUT2D eigenvalue weighted by Crippen LogP contribution is 2.25. The number of piperazine rings is 1. The SMILES string of the molecule is Cc1ccc(S(=O)c2n[nH]n3c2nc(=O)c2ccc(N4CCN(CC(=O)N5CCC(O)C5)CC4)cc23)c(C)c1. The Kier molecular flexibility index (Phi) is 6.69. The second-order valence-electron chi connectivity index (χ2n) is 10.4. The van der Waals surface area contributed by atoms with Crippen LogP contribution in [-0.4, -0.2) is 96.8 Å². The Labute approximate surface area is 227 Å². The zero-order valence-corrected chi connectivity index (χ0v) is 22.8. The molecule has 2 unspecified atom stereocenters. The number of fused-ring (bicyclic) bond motifs is 3. The number of aliphatic hydroxyl groups is 1. The van der Waals surface area contributed by atoms with Crippen LogP contribution in [0.2, 0.25) is 0 Å². The van der Waals surface area contributed by atoms with E-state index < -0.39 is 22.5 Å². The number of hydrogen-bond donors (Lipinski definition) is 2. The van der Waals surface area contributed by atoms with Crippen molar-refractivity contribution in [2.24, 2.45) is 0 Å². The summed E-state index contributed by atoms with van der Waals surface area (Å²) in [5, 5.41) is 17.6. The first kappa shape index (κ1) is 25.7. The lowest BCUT2D eigenvalue weighted by Gasteiger charge is -2.36. The topological polar surface area (TPSA) is 127 Å². The number of likely N-dealkylation sites (tertiary alicyclic amines) is 1. The Morgan fingerprint density at radius 3 is 2.62 bits per heavy atom. The first-order valence-electron chi connectivity index (χ1n) is 13.1. The number of carbonyl (C=O) groups excluding carboxylic acids is 1. The van der Waals surface area contributed by atoms with Gasteiger partial charge in [-0.25, -0.2) is 13.9 Å². The second kappa shape index (κ2) is 10.2. The summed E-state index contributed by atoms with van der Waals surface area (Å²) in [6, 6.07) is 11.3. The van der Waals surface area contributed by atoms with E-state index in [1.54, 1.807) is 15.5 Å². The summed E-state index contributed by atoms with van der Waals surface area (Å²) in [7, 11) is -1.61. The van der Waals surface area contributed by atoms with Crippen LogP contribution in [0.4, 0.5) is 5.69 Å². The molecule has 2 N–H and O–H groups in total. The molecule has 4 heterocycles. The number of aromatic nitrogens is 4. The van der Waals surface area contributed by atoms with Gasteiger partial charge in [0.15, 0.2) is 10.7 Å². The van der Waals surface area contributed by atoms with E-state index in [1.165, 1.54) is 0 Å². The molecule has 0 bridgehead atoms. The third-order valence-corrected chi connectivity index (χ3v) is 9.12. The van der Waals surface area contributed by atoms with Crippen molar-refractivity contribution in [3.8, 4) is 0 Å². The number of rotatable bonds is 5. The van der Waals surface area contributed by atoms with E-state index in [4.69, 9.17) is 0 Å². The van der Waals surface area contributed by atoms with E-state index in [2.05, 4.69) is 25.1 Å². The molecule has 0 saturated carbocycles. The van der Waals surface area contributed by atoms with Crippen LogP contribution in [0, 0.1) is 13.8 Å². The second-order valence-corrected chi connectivity index (χ2v) is 11.7. The number of nitrogens with zero attached hydrogens (tertiary/aromatic N) is 6. The molecule has 2 atom stereocenters. The number of aryl methyl sites for hydroxylation is 2. The molecule has 204 valence electrons. The average molecular weight is 550 g/mol. The quantitative estimate of drug-likeness (QED) is 0.379. The fraction of sp³-hybridized carbons (Fsp3) is 0.407. The van der Waals surface area contributed by atoms with E-state index in [9.17, 15) is 18.9 Å². The molecule has 0 radical (unpaired) electrons. The Morgan fingerprint density at radius 1 is 1.10 bits per heavy atom. The highest BCUT2D eigenvalue weighted by molar-refractivity contribution is 7.85. The fourth-order valence-corrected chi connectivity index (χ4v) is 6.63. The first-order valence-corrected chi connectivity index (χ1v) is 14.3. The molecule has 2 saturated heterocycles. The summed E-state index contributed by atoms with van der Waals surface area (Å²) < 4.78 is 15.1. The number of aliphatic hydroxyl groups excluding tert-OH is 1. The molecular weight excluding hydrogens is 518 g/mol. The standard InChI is InChI=1S/C27H31N7O4S/c1-17-3-6-23(18(2)13-17)39(38)27-25-28-26(37)21-5-4-19(14-22(21)34(25)30-29-27)32-11-9-31(10-12-32)16-24(36)33-8-7-20(35)15-33/h3-6,13-14,20,30,35H,7-12,15-16H2,1-2H3. The molecule has 12 heteroatoms. The van der Waals surface area contributed by atoms with Gasteiger partial charge in [0.25, 0.3) is 5.56 Å². The molecule has 0 aliphatic carbocycles. The Hall–Kier alpha value is -3.61. The number of H-pyrrole nitrogens is 1. The van der Waals surface area contributed by atoms with Crippen molar-refractivity contribution >= 4 is 38.9 Å². The lowest BCUT2D eigenvalue weighted by Crippen LogP contribution is -2.50. The molecule has 2 aromatic heterocycles. The van der Waals surface area contributed by atoms with Gasteiger partial charge in [0, 0.05) is 49.9 Å². The summed E-state index contributed by atoms with van der Waals surface area (Å²) in [4.78, 5) is 36.5. The van der Waals surface area contributed by atoms with Crippen molar-refractivity contribution in [2.75, 3.05) is 50.7 Å². The number of carbonyl (C=O) groups is 1. The van der Waals surface area contributed by atoms with Crippen molar-refractivity contribution in [3.05, 3.63) is 57.9 Å². The van der Waals surface area contributed by atoms with Gasteiger partial charge >= 0.3 is 0 Å². The van der Waals surface area contributed by atoms with Gasteiger partial charge in [-0.3, -0.25) is 14.5 Å². The summed E-state index contributed by atoms with van der Waals surface area (Å²) in [5.74, 6) is 0.0632. The maximum absolute atomic E-state index is 13.4. The normalized spacial score (nSPS) is 19.3. The summed E-state index contributed by atoms with van der Waals surface area (Å²) >= 11 is 0. The van der Waals surface area contributed by atoms with Gasteiger partial charge in [-0.1, -0.05) is 17.7 Å². The predicted octanol–water partition coefficient (Wildman–Crippen LogP) is 1.07. The van der Waals surface area contributed by atoms with Crippen molar-refractivity contribution < 1.29 is 14.1 Å². The van der Waals surface area contributed by atoms with Crippen molar-refractivity contribution in [1.82, 2.24) is 29.6 Å². The molecule has 4 aromatic rings. The average Bonchev–Trinajstić information content (AvgIpc) is 3.55. The zero-order chi connectivity index (χ0) is 27.3. The molecular formula is C27H31N7O4S. The van der Waals surface area contributed by atoms with E-state index in [0.717, 1.165) is 43.0 Å². The number of benzene rings is 2. The zero-order valence-electron chi connectivity index (χ0n) is 22.0. The Bertz CT molecular complexity index is 1660. The number of hydrogen-bond acceptors (Lipinski definition) is 8. The van der Waals surface area contributed by atoms with Gasteiger partial charge in [-0.15, -0.1) is 5.10 Å². The van der Waals surface area contributed by atoms with Gasteiger partial charge in [-0.2, -0.15) is 4.98 Å². The van der Waals surface area contributed by atoms with E-state index >= 15 is 0 Å². The van der Waals surface area contributed by atoms with Crippen molar-refractivity contribution in [1.29, 1.82) is 0 Å². The molecule has 0 spiro atoms. The van der Waals surface area contributed by atoms with Crippen LogP contribution >= 0.6 is 0 Å². The number of β-amino-alcohol motifs (C(OH)–C–C–N with tert-alkyl or cyclic N) is 1. The van der Waals surface area contributed by atoms with Gasteiger partial charge < -0.3 is 14.9 Å². The number of anilines is 1. The highest BCUT2D eigenvalue weighted by Gasteiger charge is 2.27. The van der Waals surface area contributed by atoms with Crippen LogP contribution in [0.3, 0.4) is 0 Å². The number of aromatic amines is 1. The van der Waals surface area contributed by atoms with E-state index in [0.29, 0.717) is 41.9 Å². The Morgan fingerprint density at radius 2 is 1.90 bits per heavy atom. The summed E-state index contributed by atoms with van der Waals surface area (Å²) in [6.07, 6.45) is 0.234. The van der Waals surface area contributed by atoms with Crippen LogP contribution in [0.5, 0.6) is 0 Å². The van der Waals surface area contributed by atoms with E-state index in [1.807, 2.05) is 44.2 Å². The molecule has 2 aliphatic heterocycles. The van der Waals surface area contributed by atoms with Gasteiger partial charge in [0.1, 0.15) is 10.8 Å². The van der Waals surface area contributed by atoms with Crippen molar-refractivity contribution in [2.45, 2.75) is 36.3 Å². The first-order chi connectivity index (χ1) is 18.8. The molecule has 1 amide bonds. The predicted molar refractivity (Wildman–Crippen MR) is 148 cm³/mol. The largest absolute Gasteiger partial charge is 0.391 e. The minimum absolute atomic E-state index is 0.0632. The minimum Gasteiger partial charge on any atom is -0.391 e. The lowest BCUT2D eigenvalue weighted by molar-refractivity contribution is -0.131. The monoisotopic (exact) mass is 549 g/mol. The summed E-state index contributed by atoms with van der Waals surface area (Å²) in [5.41, 5.74) is 3.38. The summed E-state index contributed by atoms with van der Waals surface area (Å²) in [6.45, 7) is 8.21. The van der Waals surface area contributed by atoms with Gasteiger partial charge in [0.05, 0.1) is 23.6 Å². The molecule has 2 fully saturated rings. The van der Waals surface area contributed by atoms with Crippen LogP contribution < -0.4 is 10.5 Å². The third-order valence-electron chi connectivity index (χ3n) is 7.63.